The van der Waals surface area contributed by atoms with Crippen LogP contribution in [0.2, 0.25) is 0 Å². The van der Waals surface area contributed by atoms with Gasteiger partial charge in [-0.15, -0.1) is 0 Å². The molecule has 0 aliphatic carbocycles. The maximum Gasteiger partial charge on any atom is 0.373 e. The molecule has 1 fully saturated rings. The maximum absolute atomic E-state index is 12.7. The zero-order valence-electron chi connectivity index (χ0n) is 15.5. The quantitative estimate of drug-likeness (QED) is 0.228. The fourth-order valence-electron chi connectivity index (χ4n) is 2.66. The number of hydrogen-bond donors (Lipinski definition) is 1. The van der Waals surface area contributed by atoms with Gasteiger partial charge in [-0.3, -0.25) is 9.69 Å². The summed E-state index contributed by atoms with van der Waals surface area (Å²) >= 11 is 4.34. The number of benzene rings is 1. The van der Waals surface area contributed by atoms with Gasteiger partial charge in [-0.25, -0.2) is 9.59 Å². The smallest absolute Gasteiger partial charge is 0.373 e. The van der Waals surface area contributed by atoms with Crippen LogP contribution in [0.3, 0.4) is 0 Å². The second-order valence-electron chi connectivity index (χ2n) is 5.88. The van der Waals surface area contributed by atoms with Gasteiger partial charge in [0.1, 0.15) is 17.2 Å². The Bertz CT molecular complexity index is 991. The summed E-state index contributed by atoms with van der Waals surface area (Å²) in [6.07, 6.45) is 1.61. The molecule has 0 atom stereocenters. The van der Waals surface area contributed by atoms with E-state index >= 15 is 0 Å². The largest absolute Gasteiger partial charge is 0.492 e. The fraction of sp³-hybridized carbons (Fsp3) is 0.211. The molecule has 1 aromatic heterocycles. The van der Waals surface area contributed by atoms with Crippen molar-refractivity contribution in [2.45, 2.75) is 13.5 Å². The molecule has 8 nitrogen and oxygen atoms in total. The predicted octanol–water partition coefficient (Wildman–Crippen LogP) is 3.77. The Hall–Kier alpha value is -2.09. The van der Waals surface area contributed by atoms with Crippen molar-refractivity contribution in [1.82, 2.24) is 10.2 Å². The van der Waals surface area contributed by atoms with Gasteiger partial charge in [-0.05, 0) is 88.0 Å². The first-order valence-electron chi connectivity index (χ1n) is 8.47. The average molecular weight is 622 g/mol. The van der Waals surface area contributed by atoms with E-state index in [9.17, 15) is 14.4 Å². The van der Waals surface area contributed by atoms with Crippen molar-refractivity contribution < 1.29 is 28.3 Å². The van der Waals surface area contributed by atoms with E-state index < -0.39 is 17.9 Å². The van der Waals surface area contributed by atoms with Gasteiger partial charge in [-0.1, -0.05) is 0 Å². The summed E-state index contributed by atoms with van der Waals surface area (Å²) in [5.41, 5.74) is 0.921. The minimum absolute atomic E-state index is 0.00357. The number of nitrogens with one attached hydrogen (secondary N) is 1. The summed E-state index contributed by atoms with van der Waals surface area (Å²) in [5, 5.41) is 2.57. The summed E-state index contributed by atoms with van der Waals surface area (Å²) in [5.74, 6) is -0.0266. The van der Waals surface area contributed by atoms with Crippen molar-refractivity contribution in [3.05, 3.63) is 54.2 Å². The van der Waals surface area contributed by atoms with Crippen molar-refractivity contribution in [2.24, 2.45) is 0 Å². The minimum atomic E-state index is -0.631. The van der Waals surface area contributed by atoms with E-state index in [1.807, 2.05) is 19.1 Å². The van der Waals surface area contributed by atoms with Gasteiger partial charge in [0.25, 0.3) is 5.91 Å². The molecule has 10 heteroatoms. The van der Waals surface area contributed by atoms with Gasteiger partial charge in [0.2, 0.25) is 5.76 Å². The van der Waals surface area contributed by atoms with Crippen LogP contribution in [0.1, 0.15) is 28.8 Å². The molecular formula is C19H16I2N2O6. The number of hydrogen-bond acceptors (Lipinski definition) is 6. The number of carbonyl (C=O) groups is 3. The van der Waals surface area contributed by atoms with E-state index in [4.69, 9.17) is 9.15 Å². The molecule has 152 valence electrons. The summed E-state index contributed by atoms with van der Waals surface area (Å²) in [4.78, 5) is 37.4. The third kappa shape index (κ3) is 4.74. The number of halogens is 2. The molecular weight excluding hydrogens is 606 g/mol. The van der Waals surface area contributed by atoms with Crippen LogP contribution in [0.25, 0.3) is 6.08 Å². The first kappa shape index (κ1) is 21.6. The Morgan fingerprint density at radius 2 is 1.93 bits per heavy atom. The molecule has 29 heavy (non-hydrogen) atoms. The highest BCUT2D eigenvalue weighted by molar-refractivity contribution is 14.1. The Morgan fingerprint density at radius 1 is 1.24 bits per heavy atom. The van der Waals surface area contributed by atoms with E-state index in [0.29, 0.717) is 12.4 Å². The molecule has 2 heterocycles. The standard InChI is InChI=1S/C19H16I2N2O6/c1-3-28-16-12(20)6-10(7-13(16)21)8-14-17(24)23(19(26)22-14)9-11-4-5-15(29-11)18(25)27-2/h4-8H,3,9H2,1-2H3,(H,22,26)/b14-8-. The fourth-order valence-corrected chi connectivity index (χ4v) is 4.78. The number of amides is 3. The van der Waals surface area contributed by atoms with E-state index in [0.717, 1.165) is 23.4 Å². The van der Waals surface area contributed by atoms with Crippen molar-refractivity contribution in [3.63, 3.8) is 0 Å². The van der Waals surface area contributed by atoms with Crippen LogP contribution >= 0.6 is 45.2 Å². The van der Waals surface area contributed by atoms with Crippen LogP contribution in [0.4, 0.5) is 4.79 Å². The maximum atomic E-state index is 12.7. The van der Waals surface area contributed by atoms with E-state index in [1.54, 1.807) is 6.08 Å². The number of rotatable bonds is 6. The van der Waals surface area contributed by atoms with Crippen LogP contribution in [-0.2, 0) is 16.1 Å². The molecule has 1 aromatic carbocycles. The molecule has 3 rings (SSSR count). The highest BCUT2D eigenvalue weighted by Crippen LogP contribution is 2.30. The van der Waals surface area contributed by atoms with Crippen LogP contribution < -0.4 is 10.1 Å². The number of carbonyl (C=O) groups excluding carboxylic acids is 3. The van der Waals surface area contributed by atoms with Crippen LogP contribution in [0, 0.1) is 7.14 Å². The Morgan fingerprint density at radius 3 is 2.55 bits per heavy atom. The third-order valence-electron chi connectivity index (χ3n) is 3.94. The Labute approximate surface area is 193 Å². The molecule has 2 aromatic rings. The van der Waals surface area contributed by atoms with Crippen LogP contribution in [0.5, 0.6) is 5.75 Å². The van der Waals surface area contributed by atoms with Crippen molar-refractivity contribution >= 4 is 69.2 Å². The summed E-state index contributed by atoms with van der Waals surface area (Å²) in [6, 6.07) is 6.13. The van der Waals surface area contributed by atoms with Gasteiger partial charge < -0.3 is 19.2 Å². The van der Waals surface area contributed by atoms with Crippen molar-refractivity contribution in [2.75, 3.05) is 13.7 Å². The number of esters is 1. The molecule has 1 aliphatic rings. The number of furan rings is 1. The molecule has 0 spiro atoms. The van der Waals surface area contributed by atoms with E-state index in [1.165, 1.54) is 19.2 Å². The highest BCUT2D eigenvalue weighted by atomic mass is 127. The van der Waals surface area contributed by atoms with Gasteiger partial charge >= 0.3 is 12.0 Å². The SMILES string of the molecule is CCOc1c(I)cc(/C=C2\NC(=O)N(Cc3ccc(C(=O)OC)o3)C2=O)cc1I. The number of methoxy groups -OCH3 is 1. The summed E-state index contributed by atoms with van der Waals surface area (Å²) < 4.78 is 17.3. The van der Waals surface area contributed by atoms with E-state index in [2.05, 4.69) is 55.2 Å². The Kier molecular flexibility index (Phi) is 6.82. The predicted molar refractivity (Wildman–Crippen MR) is 120 cm³/mol. The topological polar surface area (TPSA) is 98.1 Å². The minimum Gasteiger partial charge on any atom is -0.492 e. The number of ether oxygens (including phenoxy) is 2. The molecule has 0 saturated carbocycles. The normalized spacial score (nSPS) is 15.0. The molecule has 0 radical (unpaired) electrons. The van der Waals surface area contributed by atoms with Gasteiger partial charge in [0.15, 0.2) is 0 Å². The first-order valence-corrected chi connectivity index (χ1v) is 10.6. The lowest BCUT2D eigenvalue weighted by Crippen LogP contribution is -2.30. The van der Waals surface area contributed by atoms with Gasteiger partial charge in [-0.2, -0.15) is 0 Å². The highest BCUT2D eigenvalue weighted by Gasteiger charge is 2.34. The molecule has 0 bridgehead atoms. The molecule has 1 N–H and O–H groups in total. The van der Waals surface area contributed by atoms with Gasteiger partial charge in [0, 0.05) is 0 Å². The van der Waals surface area contributed by atoms with Crippen LogP contribution in [-0.4, -0.2) is 36.5 Å². The summed E-state index contributed by atoms with van der Waals surface area (Å²) in [7, 11) is 1.24. The Balaban J connectivity index is 1.80. The lowest BCUT2D eigenvalue weighted by molar-refractivity contribution is -0.123. The van der Waals surface area contributed by atoms with Crippen molar-refractivity contribution in [3.8, 4) is 5.75 Å². The second kappa shape index (κ2) is 9.15. The zero-order valence-corrected chi connectivity index (χ0v) is 19.8. The second-order valence-corrected chi connectivity index (χ2v) is 8.21. The number of imide groups is 1. The molecule has 3 amide bonds. The summed E-state index contributed by atoms with van der Waals surface area (Å²) in [6.45, 7) is 2.37. The molecule has 0 unspecified atom stereocenters. The number of nitrogens with zero attached hydrogens (tertiary/aromatic N) is 1. The molecule has 1 aliphatic heterocycles. The lowest BCUT2D eigenvalue weighted by Gasteiger charge is -2.10. The monoisotopic (exact) mass is 622 g/mol. The van der Waals surface area contributed by atoms with Crippen molar-refractivity contribution in [1.29, 1.82) is 0 Å². The molecule has 1 saturated heterocycles. The number of urea groups is 1. The van der Waals surface area contributed by atoms with Crippen LogP contribution in [0.15, 0.2) is 34.4 Å². The zero-order chi connectivity index (χ0) is 21.1. The lowest BCUT2D eigenvalue weighted by atomic mass is 10.2. The van der Waals surface area contributed by atoms with Gasteiger partial charge in [0.05, 0.1) is 27.4 Å². The average Bonchev–Trinajstić information content (AvgIpc) is 3.25. The third-order valence-corrected chi connectivity index (χ3v) is 5.55. The first-order chi connectivity index (χ1) is 13.8. The van der Waals surface area contributed by atoms with E-state index in [-0.39, 0.29) is 18.0 Å².